The lowest BCUT2D eigenvalue weighted by Crippen LogP contribution is -2.42. The molecule has 6 heteroatoms. The monoisotopic (exact) mass is 406 g/mol. The van der Waals surface area contributed by atoms with E-state index in [9.17, 15) is 5.11 Å². The molecule has 0 radical (unpaired) electrons. The Kier molecular flexibility index (Phi) is 5.36. The van der Waals surface area contributed by atoms with Gasteiger partial charge in [-0.05, 0) is 69.7 Å². The van der Waals surface area contributed by atoms with E-state index in [1.54, 1.807) is 13.3 Å². The summed E-state index contributed by atoms with van der Waals surface area (Å²) in [4.78, 5) is 7.15. The van der Waals surface area contributed by atoms with E-state index in [-0.39, 0.29) is 0 Å². The molecule has 6 nitrogen and oxygen atoms in total. The molecule has 1 aromatic carbocycles. The van der Waals surface area contributed by atoms with Crippen LogP contribution in [0, 0.1) is 19.8 Å². The van der Waals surface area contributed by atoms with Gasteiger partial charge in [0, 0.05) is 41.9 Å². The molecule has 0 spiro atoms. The van der Waals surface area contributed by atoms with Crippen molar-refractivity contribution in [2.45, 2.75) is 46.1 Å². The van der Waals surface area contributed by atoms with Gasteiger partial charge in [0.15, 0.2) is 0 Å². The molecule has 3 aromatic rings. The molecule has 4 rings (SSSR count). The minimum atomic E-state index is -0.616. The number of pyridine rings is 1. The number of aromatic nitrogens is 3. The largest absolute Gasteiger partial charge is 0.496 e. The number of rotatable bonds is 4. The highest BCUT2D eigenvalue weighted by Crippen LogP contribution is 2.34. The summed E-state index contributed by atoms with van der Waals surface area (Å²) in [6.45, 7) is 9.80. The zero-order chi connectivity index (χ0) is 21.5. The van der Waals surface area contributed by atoms with Gasteiger partial charge in [0.1, 0.15) is 11.6 Å². The molecule has 0 unspecified atom stereocenters. The average Bonchev–Trinajstić information content (AvgIpc) is 2.72. The summed E-state index contributed by atoms with van der Waals surface area (Å²) >= 11 is 0. The maximum atomic E-state index is 10.3. The van der Waals surface area contributed by atoms with Gasteiger partial charge >= 0.3 is 0 Å². The molecule has 0 bridgehead atoms. The summed E-state index contributed by atoms with van der Waals surface area (Å²) in [5.74, 6) is 2.17. The van der Waals surface area contributed by atoms with Crippen molar-refractivity contribution in [3.63, 3.8) is 0 Å². The number of fused-ring (bicyclic) bond motifs is 1. The topological polar surface area (TPSA) is 71.4 Å². The highest BCUT2D eigenvalue weighted by atomic mass is 16.5. The lowest BCUT2D eigenvalue weighted by Gasteiger charge is -2.38. The highest BCUT2D eigenvalue weighted by Gasteiger charge is 2.31. The van der Waals surface area contributed by atoms with E-state index in [2.05, 4.69) is 34.2 Å². The smallest absolute Gasteiger partial charge is 0.131 e. The van der Waals surface area contributed by atoms with E-state index in [1.807, 2.05) is 33.0 Å². The van der Waals surface area contributed by atoms with Crippen LogP contribution in [-0.2, 0) is 0 Å². The van der Waals surface area contributed by atoms with Gasteiger partial charge in [-0.1, -0.05) is 0 Å². The molecule has 0 saturated carbocycles. The molecule has 1 aliphatic rings. The van der Waals surface area contributed by atoms with Crippen LogP contribution in [0.25, 0.3) is 22.0 Å². The van der Waals surface area contributed by atoms with Crippen LogP contribution in [0.3, 0.4) is 0 Å². The van der Waals surface area contributed by atoms with Crippen molar-refractivity contribution in [2.24, 2.45) is 5.92 Å². The molecule has 1 saturated heterocycles. The lowest BCUT2D eigenvalue weighted by molar-refractivity contribution is 0.00645. The Balaban J connectivity index is 1.64. The highest BCUT2D eigenvalue weighted by molar-refractivity contribution is 5.95. The maximum Gasteiger partial charge on any atom is 0.131 e. The van der Waals surface area contributed by atoms with E-state index in [0.717, 1.165) is 70.7 Å². The van der Waals surface area contributed by atoms with Crippen molar-refractivity contribution < 1.29 is 9.84 Å². The van der Waals surface area contributed by atoms with Gasteiger partial charge in [-0.15, -0.1) is 0 Å². The number of piperidine rings is 1. The van der Waals surface area contributed by atoms with Gasteiger partial charge in [0.2, 0.25) is 0 Å². The third-order valence-electron chi connectivity index (χ3n) is 6.31. The van der Waals surface area contributed by atoms with E-state index in [1.165, 1.54) is 0 Å². The first-order valence-corrected chi connectivity index (χ1v) is 10.5. The molecular formula is C24H30N4O2. The Hall–Kier alpha value is -2.73. The van der Waals surface area contributed by atoms with Crippen molar-refractivity contribution in [2.75, 3.05) is 25.1 Å². The fourth-order valence-electron chi connectivity index (χ4n) is 4.49. The van der Waals surface area contributed by atoms with Crippen LogP contribution in [0.4, 0.5) is 5.82 Å². The number of aliphatic hydroxyl groups is 1. The molecular weight excluding hydrogens is 376 g/mol. The predicted octanol–water partition coefficient (Wildman–Crippen LogP) is 4.30. The van der Waals surface area contributed by atoms with Crippen LogP contribution in [0.15, 0.2) is 30.6 Å². The quantitative estimate of drug-likeness (QED) is 0.696. The molecule has 1 N–H and O–H groups in total. The zero-order valence-corrected chi connectivity index (χ0v) is 18.4. The van der Waals surface area contributed by atoms with Crippen molar-refractivity contribution >= 4 is 16.7 Å². The Bertz CT molecular complexity index is 1070. The van der Waals surface area contributed by atoms with Crippen molar-refractivity contribution in [3.05, 3.63) is 41.7 Å². The van der Waals surface area contributed by atoms with Crippen LogP contribution < -0.4 is 9.64 Å². The first kappa shape index (κ1) is 20.5. The number of nitrogens with zero attached hydrogens (tertiary/aromatic N) is 4. The van der Waals surface area contributed by atoms with Crippen LogP contribution in [0.2, 0.25) is 0 Å². The maximum absolute atomic E-state index is 10.3. The summed E-state index contributed by atoms with van der Waals surface area (Å²) in [6.07, 6.45) is 5.69. The van der Waals surface area contributed by atoms with E-state index >= 15 is 0 Å². The van der Waals surface area contributed by atoms with Crippen molar-refractivity contribution in [1.29, 1.82) is 0 Å². The second-order valence-corrected chi connectivity index (χ2v) is 8.88. The molecule has 3 heterocycles. The van der Waals surface area contributed by atoms with Gasteiger partial charge in [0.25, 0.3) is 0 Å². The van der Waals surface area contributed by atoms with Gasteiger partial charge in [-0.25, -0.2) is 4.98 Å². The molecule has 0 amide bonds. The first-order valence-electron chi connectivity index (χ1n) is 10.5. The Labute approximate surface area is 177 Å². The van der Waals surface area contributed by atoms with Gasteiger partial charge in [-0.3, -0.25) is 0 Å². The molecule has 158 valence electrons. The third kappa shape index (κ3) is 3.84. The fraction of sp³-hybridized carbons (Fsp3) is 0.458. The number of hydrogen-bond donors (Lipinski definition) is 1. The minimum Gasteiger partial charge on any atom is -0.496 e. The van der Waals surface area contributed by atoms with Gasteiger partial charge in [0.05, 0.1) is 24.4 Å². The van der Waals surface area contributed by atoms with Crippen LogP contribution in [0.5, 0.6) is 5.75 Å². The number of ether oxygens (including phenoxy) is 1. The second-order valence-electron chi connectivity index (χ2n) is 8.88. The fourth-order valence-corrected chi connectivity index (χ4v) is 4.49. The minimum absolute atomic E-state index is 0.336. The summed E-state index contributed by atoms with van der Waals surface area (Å²) < 4.78 is 5.43. The molecule has 2 aromatic heterocycles. The number of anilines is 1. The number of methoxy groups -OCH3 is 1. The van der Waals surface area contributed by atoms with Crippen molar-refractivity contribution in [1.82, 2.24) is 15.2 Å². The molecule has 1 aliphatic heterocycles. The number of hydrogen-bond acceptors (Lipinski definition) is 6. The van der Waals surface area contributed by atoms with Crippen LogP contribution in [0.1, 0.15) is 37.8 Å². The average molecular weight is 407 g/mol. The van der Waals surface area contributed by atoms with Crippen molar-refractivity contribution in [3.8, 4) is 16.9 Å². The SMILES string of the molecule is COc1cc2nncc(-c3cnc(N4CCC(C(C)(C)O)CC4)c(C)c3)c2cc1C. The Morgan fingerprint density at radius 2 is 1.80 bits per heavy atom. The predicted molar refractivity (Wildman–Crippen MR) is 120 cm³/mol. The standard InChI is InChI=1S/C24H30N4O2/c1-15-11-19-20(14-26-27-21(19)12-22(15)30-5)17-10-16(2)23(25-13-17)28-8-6-18(7-9-28)24(3,4)29/h10-14,18,29H,6-9H2,1-5H3. The third-order valence-corrected chi connectivity index (χ3v) is 6.31. The molecule has 1 fully saturated rings. The number of aryl methyl sites for hydroxylation is 2. The summed E-state index contributed by atoms with van der Waals surface area (Å²) in [7, 11) is 1.67. The Morgan fingerprint density at radius 1 is 1.07 bits per heavy atom. The van der Waals surface area contributed by atoms with Crippen LogP contribution in [-0.4, -0.2) is 46.1 Å². The summed E-state index contributed by atoms with van der Waals surface area (Å²) in [5, 5.41) is 19.8. The van der Waals surface area contributed by atoms with E-state index < -0.39 is 5.60 Å². The van der Waals surface area contributed by atoms with Gasteiger partial charge < -0.3 is 14.7 Å². The van der Waals surface area contributed by atoms with E-state index in [4.69, 9.17) is 9.72 Å². The van der Waals surface area contributed by atoms with Gasteiger partial charge in [-0.2, -0.15) is 10.2 Å². The second kappa shape index (κ2) is 7.84. The lowest BCUT2D eigenvalue weighted by atomic mass is 9.83. The molecule has 0 atom stereocenters. The first-order chi connectivity index (χ1) is 14.3. The van der Waals surface area contributed by atoms with E-state index in [0.29, 0.717) is 5.92 Å². The Morgan fingerprint density at radius 3 is 2.43 bits per heavy atom. The summed E-state index contributed by atoms with van der Waals surface area (Å²) in [6, 6.07) is 6.21. The normalized spacial score (nSPS) is 15.6. The summed E-state index contributed by atoms with van der Waals surface area (Å²) in [5.41, 5.74) is 4.46. The zero-order valence-electron chi connectivity index (χ0n) is 18.4. The number of benzene rings is 1. The molecule has 30 heavy (non-hydrogen) atoms. The molecule has 0 aliphatic carbocycles. The van der Waals surface area contributed by atoms with Crippen LogP contribution >= 0.6 is 0 Å².